The number of carboxylic acid groups (broad SMARTS) is 1. The molecule has 12 heteroatoms. The lowest BCUT2D eigenvalue weighted by molar-refractivity contribution is 0.102. The Labute approximate surface area is 258 Å². The lowest BCUT2D eigenvalue weighted by Crippen LogP contribution is -2.44. The highest BCUT2D eigenvalue weighted by Gasteiger charge is 2.39. The van der Waals surface area contributed by atoms with Crippen molar-refractivity contribution >= 4 is 48.9 Å². The summed E-state index contributed by atoms with van der Waals surface area (Å²) in [6.45, 7) is 14.8. The molecule has 1 aromatic heterocycles. The number of likely N-dealkylation sites (tertiary alicyclic amines) is 1. The monoisotopic (exact) mass is 620 g/mol. The molecule has 2 amide bonds. The van der Waals surface area contributed by atoms with Crippen molar-refractivity contribution in [2.24, 2.45) is 0 Å². The molecule has 5 rings (SSSR count). The summed E-state index contributed by atoms with van der Waals surface area (Å²) in [5.74, 6) is 0.154. The van der Waals surface area contributed by atoms with Gasteiger partial charge in [0.05, 0.1) is 22.7 Å². The number of carbonyl (C=O) groups is 2. The Hall–Kier alpha value is -4.16. The average Bonchev–Trinajstić information content (AvgIpc) is 3.07. The minimum atomic E-state index is -2.18. The highest BCUT2D eigenvalue weighted by Crippen LogP contribution is 2.40. The van der Waals surface area contributed by atoms with Gasteiger partial charge in [-0.1, -0.05) is 26.8 Å². The smallest absolute Gasteiger partial charge is 0.404 e. The molecule has 0 unspecified atom stereocenters. The zero-order valence-electron chi connectivity index (χ0n) is 26.1. The van der Waals surface area contributed by atoms with Crippen LogP contribution in [0.2, 0.25) is 18.1 Å². The predicted octanol–water partition coefficient (Wildman–Crippen LogP) is 7.20. The van der Waals surface area contributed by atoms with Crippen LogP contribution >= 0.6 is 0 Å². The van der Waals surface area contributed by atoms with Gasteiger partial charge in [-0.15, -0.1) is 0 Å². The summed E-state index contributed by atoms with van der Waals surface area (Å²) in [6, 6.07) is 10.6. The van der Waals surface area contributed by atoms with Gasteiger partial charge in [0.1, 0.15) is 22.9 Å². The first kappa shape index (κ1) is 31.3. The van der Waals surface area contributed by atoms with E-state index in [4.69, 9.17) is 9.53 Å². The molecule has 5 N–H and O–H groups in total. The molecule has 0 spiro atoms. The summed E-state index contributed by atoms with van der Waals surface area (Å²) >= 11 is 0. The first-order valence-electron chi connectivity index (χ1n) is 14.9. The fourth-order valence-corrected chi connectivity index (χ4v) is 6.28. The summed E-state index contributed by atoms with van der Waals surface area (Å²) in [4.78, 5) is 31.2. The Balaban J connectivity index is 1.35. The number of nitrogens with one attached hydrogen (secondary N) is 4. The normalized spacial score (nSPS) is 15.8. The molecule has 0 atom stereocenters. The maximum atomic E-state index is 15.2. The van der Waals surface area contributed by atoms with Gasteiger partial charge in [0, 0.05) is 37.9 Å². The van der Waals surface area contributed by atoms with E-state index in [0.717, 1.165) is 31.5 Å². The van der Waals surface area contributed by atoms with Crippen LogP contribution in [0.15, 0.2) is 42.6 Å². The topological polar surface area (TPSA) is 128 Å². The number of aryl methyl sites for hydroxylation is 1. The molecule has 10 nitrogen and oxygen atoms in total. The molecule has 2 aliphatic rings. The van der Waals surface area contributed by atoms with Gasteiger partial charge in [-0.2, -0.15) is 0 Å². The maximum absolute atomic E-state index is 15.2. The number of fused-ring (bicyclic) bond motifs is 2. The zero-order valence-corrected chi connectivity index (χ0v) is 27.1. The summed E-state index contributed by atoms with van der Waals surface area (Å²) in [5.41, 5.74) is 3.92. The van der Waals surface area contributed by atoms with Gasteiger partial charge in [-0.05, 0) is 73.3 Å². The number of hydrogen-bond acceptors (Lipinski definition) is 7. The summed E-state index contributed by atoms with van der Waals surface area (Å²) < 4.78 is 21.8. The second kappa shape index (κ2) is 12.1. The Bertz CT molecular complexity index is 1580. The van der Waals surface area contributed by atoms with Crippen LogP contribution in [0.3, 0.4) is 0 Å². The number of pyridine rings is 1. The fourth-order valence-electron chi connectivity index (χ4n) is 5.21. The van der Waals surface area contributed by atoms with Crippen LogP contribution in [0.5, 0.6) is 5.75 Å². The number of rotatable bonds is 7. The number of aromatic nitrogens is 1. The van der Waals surface area contributed by atoms with Crippen LogP contribution in [-0.4, -0.2) is 54.4 Å². The van der Waals surface area contributed by atoms with Crippen molar-refractivity contribution < 1.29 is 23.5 Å². The van der Waals surface area contributed by atoms with E-state index in [0.29, 0.717) is 40.7 Å². The first-order valence-corrected chi connectivity index (χ1v) is 17.8. The van der Waals surface area contributed by atoms with E-state index >= 15 is 4.39 Å². The standard InChI is InChI=1S/C32H41FN6O4Si/c1-19-15-22(33)25(17-27(19)43-44(5,6)32(2,3)4)36-24-9-12-34-29-28(24)30(40)38-26-16-20(7-8-23(26)37-29)18-39-13-10-21(11-14-39)35-31(41)42/h7-9,12,15-17,21,35H,10-11,13-14,18H2,1-6H3,(H,38,40)(H,41,42)(H2,34,36,37). The number of carbonyl (C=O) groups excluding carboxylic acids is 1. The predicted molar refractivity (Wildman–Crippen MR) is 174 cm³/mol. The summed E-state index contributed by atoms with van der Waals surface area (Å²) in [7, 11) is -2.18. The molecule has 3 heterocycles. The average molecular weight is 621 g/mol. The van der Waals surface area contributed by atoms with Crippen molar-refractivity contribution in [3.63, 3.8) is 0 Å². The Morgan fingerprint density at radius 2 is 1.84 bits per heavy atom. The molecule has 3 aromatic rings. The lowest BCUT2D eigenvalue weighted by atomic mass is 10.0. The van der Waals surface area contributed by atoms with Gasteiger partial charge < -0.3 is 30.8 Å². The van der Waals surface area contributed by atoms with Crippen molar-refractivity contribution in [2.45, 2.75) is 71.3 Å². The molecular weight excluding hydrogens is 579 g/mol. The number of nitrogens with zero attached hydrogens (tertiary/aromatic N) is 2. The molecule has 0 aliphatic carbocycles. The molecule has 0 radical (unpaired) electrons. The summed E-state index contributed by atoms with van der Waals surface area (Å²) in [6.07, 6.45) is 2.08. The number of amides is 2. The number of anilines is 5. The molecule has 1 saturated heterocycles. The minimum Gasteiger partial charge on any atom is -0.543 e. The van der Waals surface area contributed by atoms with Gasteiger partial charge in [-0.25, -0.2) is 14.2 Å². The van der Waals surface area contributed by atoms with E-state index in [1.807, 2.05) is 25.1 Å². The third kappa shape index (κ3) is 6.81. The van der Waals surface area contributed by atoms with Crippen molar-refractivity contribution in [3.8, 4) is 5.75 Å². The second-order valence-electron chi connectivity index (χ2n) is 13.1. The van der Waals surface area contributed by atoms with Gasteiger partial charge in [0.2, 0.25) is 8.32 Å². The molecule has 234 valence electrons. The van der Waals surface area contributed by atoms with Crippen molar-refractivity contribution in [3.05, 3.63) is 65.1 Å². The number of hydrogen-bond donors (Lipinski definition) is 5. The largest absolute Gasteiger partial charge is 0.543 e. The number of benzene rings is 2. The molecular formula is C32H41FN6O4Si. The van der Waals surface area contributed by atoms with Crippen LogP contribution in [-0.2, 0) is 6.54 Å². The second-order valence-corrected chi connectivity index (χ2v) is 17.9. The fraction of sp³-hybridized carbons (Fsp3) is 0.406. The highest BCUT2D eigenvalue weighted by atomic mass is 28.4. The SMILES string of the molecule is Cc1cc(F)c(Nc2ccnc3c2C(=O)Nc2cc(CN4CCC(NC(=O)O)CC4)ccc2N3)cc1O[Si](C)(C)C(C)(C)C. The van der Waals surface area contributed by atoms with Crippen LogP contribution in [0.25, 0.3) is 0 Å². The molecule has 2 aromatic carbocycles. The van der Waals surface area contributed by atoms with Crippen LogP contribution in [0.1, 0.15) is 55.1 Å². The van der Waals surface area contributed by atoms with E-state index in [1.165, 1.54) is 6.07 Å². The van der Waals surface area contributed by atoms with Crippen molar-refractivity contribution in [1.82, 2.24) is 15.2 Å². The molecule has 0 saturated carbocycles. The summed E-state index contributed by atoms with van der Waals surface area (Å²) in [5, 5.41) is 20.9. The Morgan fingerprint density at radius 3 is 2.52 bits per heavy atom. The van der Waals surface area contributed by atoms with Gasteiger partial charge in [-0.3, -0.25) is 9.69 Å². The number of piperidine rings is 1. The third-order valence-electron chi connectivity index (χ3n) is 8.79. The van der Waals surface area contributed by atoms with E-state index < -0.39 is 20.2 Å². The molecule has 44 heavy (non-hydrogen) atoms. The number of halogens is 1. The third-order valence-corrected chi connectivity index (χ3v) is 13.1. The Kier molecular flexibility index (Phi) is 8.59. The van der Waals surface area contributed by atoms with E-state index in [2.05, 4.69) is 65.0 Å². The zero-order chi connectivity index (χ0) is 31.8. The van der Waals surface area contributed by atoms with Gasteiger partial charge >= 0.3 is 6.09 Å². The maximum Gasteiger partial charge on any atom is 0.404 e. The van der Waals surface area contributed by atoms with E-state index in [1.54, 1.807) is 18.3 Å². The van der Waals surface area contributed by atoms with Gasteiger partial charge in [0.15, 0.2) is 0 Å². The van der Waals surface area contributed by atoms with Crippen LogP contribution < -0.4 is 25.7 Å². The lowest BCUT2D eigenvalue weighted by Gasteiger charge is -2.37. The molecule has 2 aliphatic heterocycles. The molecule has 0 bridgehead atoms. The highest BCUT2D eigenvalue weighted by molar-refractivity contribution is 6.74. The van der Waals surface area contributed by atoms with Crippen LogP contribution in [0, 0.1) is 12.7 Å². The van der Waals surface area contributed by atoms with E-state index in [-0.39, 0.29) is 28.2 Å². The Morgan fingerprint density at radius 1 is 1.11 bits per heavy atom. The van der Waals surface area contributed by atoms with Gasteiger partial charge in [0.25, 0.3) is 5.91 Å². The first-order chi connectivity index (χ1) is 20.7. The van der Waals surface area contributed by atoms with Crippen molar-refractivity contribution in [2.75, 3.05) is 29.0 Å². The quantitative estimate of drug-likeness (QED) is 0.176. The molecule has 1 fully saturated rings. The minimum absolute atomic E-state index is 0.0290. The van der Waals surface area contributed by atoms with Crippen molar-refractivity contribution in [1.29, 1.82) is 0 Å². The van der Waals surface area contributed by atoms with E-state index in [9.17, 15) is 9.59 Å². The van der Waals surface area contributed by atoms with Crippen LogP contribution in [0.4, 0.5) is 37.8 Å².